The van der Waals surface area contributed by atoms with Crippen LogP contribution in [-0.4, -0.2) is 26.1 Å². The minimum absolute atomic E-state index is 0.965. The summed E-state index contributed by atoms with van der Waals surface area (Å²) in [4.78, 5) is 12.7. The minimum Gasteiger partial charge on any atom is -0.295 e. The van der Waals surface area contributed by atoms with Crippen LogP contribution in [0.3, 0.4) is 0 Å². The van der Waals surface area contributed by atoms with E-state index in [0.717, 1.165) is 22.8 Å². The summed E-state index contributed by atoms with van der Waals surface area (Å²) in [6.07, 6.45) is 3.86. The van der Waals surface area contributed by atoms with Crippen LogP contribution >= 0.6 is 11.3 Å². The van der Waals surface area contributed by atoms with Crippen LogP contribution in [0.2, 0.25) is 0 Å². The largest absolute Gasteiger partial charge is 0.295 e. The fourth-order valence-electron chi connectivity index (χ4n) is 10.5. The highest BCUT2D eigenvalue weighted by atomic mass is 32.1. The third-order valence-corrected chi connectivity index (χ3v) is 24.2. The summed E-state index contributed by atoms with van der Waals surface area (Å²) in [5, 5.41) is 13.2. The van der Waals surface area contributed by atoms with Crippen molar-refractivity contribution in [3.63, 3.8) is 0 Å². The Labute approximate surface area is 379 Å². The molecule has 8 aromatic carbocycles. The Morgan fingerprint density at radius 2 is 1.03 bits per heavy atom. The number of nitrogens with zero attached hydrogens (tertiary/aromatic N) is 3. The van der Waals surface area contributed by atoms with Crippen LogP contribution in [0.1, 0.15) is 0 Å². The average Bonchev–Trinajstić information content (AvgIpc) is 3.76. The van der Waals surface area contributed by atoms with Gasteiger partial charge in [0.2, 0.25) is 0 Å². The van der Waals surface area contributed by atoms with Crippen LogP contribution in [0.4, 0.5) is 17.2 Å². The number of hydrogen-bond donors (Lipinski definition) is 0. The minimum atomic E-state index is -3.02. The predicted octanol–water partition coefficient (Wildman–Crippen LogP) is 9.05. The van der Waals surface area contributed by atoms with Crippen molar-refractivity contribution in [3.05, 3.63) is 249 Å². The Balaban J connectivity index is 1.18. The Hall–Kier alpha value is -7.49. The Bertz CT molecular complexity index is 3370. The number of aromatic nitrogens is 2. The number of rotatable bonds is 8. The molecule has 0 amide bonds. The van der Waals surface area contributed by atoms with E-state index in [-0.39, 0.29) is 0 Å². The molecule has 12 rings (SSSR count). The molecule has 0 saturated heterocycles. The molecule has 4 heterocycles. The van der Waals surface area contributed by atoms with Crippen molar-refractivity contribution < 1.29 is 0 Å². The van der Waals surface area contributed by atoms with E-state index in [1.54, 1.807) is 0 Å². The van der Waals surface area contributed by atoms with Gasteiger partial charge in [-0.1, -0.05) is 194 Å². The molecule has 6 heteroatoms. The van der Waals surface area contributed by atoms with Crippen molar-refractivity contribution >= 4 is 106 Å². The zero-order valence-electron chi connectivity index (χ0n) is 34.9. The second-order valence-corrected chi connectivity index (χ2v) is 25.0. The van der Waals surface area contributed by atoms with Crippen LogP contribution in [0.15, 0.2) is 249 Å². The van der Waals surface area contributed by atoms with Gasteiger partial charge in [0, 0.05) is 49.5 Å². The van der Waals surface area contributed by atoms with E-state index in [4.69, 9.17) is 9.97 Å². The van der Waals surface area contributed by atoms with Crippen molar-refractivity contribution in [2.24, 2.45) is 0 Å². The fourth-order valence-corrected chi connectivity index (χ4v) is 22.2. The van der Waals surface area contributed by atoms with Crippen LogP contribution in [0.25, 0.3) is 31.4 Å². The van der Waals surface area contributed by atoms with E-state index in [1.807, 2.05) is 29.8 Å². The van der Waals surface area contributed by atoms with Crippen molar-refractivity contribution in [3.8, 4) is 11.3 Å². The third-order valence-electron chi connectivity index (χ3n) is 13.2. The first-order chi connectivity index (χ1) is 31.8. The number of benzene rings is 8. The monoisotopic (exact) mass is 867 g/mol. The van der Waals surface area contributed by atoms with E-state index in [1.165, 1.54) is 67.4 Å². The maximum Gasteiger partial charge on any atom is 0.188 e. The Morgan fingerprint density at radius 3 is 1.72 bits per heavy atom. The lowest BCUT2D eigenvalue weighted by Crippen LogP contribution is -2.77. The zero-order chi connectivity index (χ0) is 42.5. The van der Waals surface area contributed by atoms with Gasteiger partial charge < -0.3 is 0 Å². The molecule has 1 aliphatic rings. The summed E-state index contributed by atoms with van der Waals surface area (Å²) in [5.41, 5.74) is 4.35. The van der Waals surface area contributed by atoms with Gasteiger partial charge in [-0.2, -0.15) is 0 Å². The van der Waals surface area contributed by atoms with Gasteiger partial charge in [-0.15, -0.1) is 11.3 Å². The summed E-state index contributed by atoms with van der Waals surface area (Å²) in [6, 6.07) is 87.9. The van der Waals surface area contributed by atoms with Gasteiger partial charge >= 0.3 is 0 Å². The molecule has 302 valence electrons. The molecule has 0 atom stereocenters. The molecule has 0 spiro atoms. The van der Waals surface area contributed by atoms with Gasteiger partial charge in [0.25, 0.3) is 0 Å². The van der Waals surface area contributed by atoms with Gasteiger partial charge in [-0.05, 0) is 84.0 Å². The van der Waals surface area contributed by atoms with E-state index < -0.39 is 16.1 Å². The molecular formula is C58H41N3SSi2. The summed E-state index contributed by atoms with van der Waals surface area (Å²) in [6.45, 7) is 0. The van der Waals surface area contributed by atoms with Crippen LogP contribution in [-0.2, 0) is 0 Å². The predicted molar refractivity (Wildman–Crippen MR) is 276 cm³/mol. The van der Waals surface area contributed by atoms with E-state index in [9.17, 15) is 0 Å². The van der Waals surface area contributed by atoms with Crippen molar-refractivity contribution in [2.75, 3.05) is 4.90 Å². The SMILES string of the molecule is c1ccc([Si](c2ccccc2)(c2cccc(-c3ccccn3)c2)c2cccc(N3c4ccc5c(sc6ccccc65)c4[Si](c4ccccc4)(c4ccccc4)c4cccnc43)c2)cc1. The number of pyridine rings is 2. The summed E-state index contributed by atoms with van der Waals surface area (Å²) in [7, 11) is -6.02. The van der Waals surface area contributed by atoms with Gasteiger partial charge in [-0.25, -0.2) is 4.98 Å². The van der Waals surface area contributed by atoms with Crippen LogP contribution in [0, 0.1) is 0 Å². The van der Waals surface area contributed by atoms with Gasteiger partial charge in [-0.3, -0.25) is 9.88 Å². The van der Waals surface area contributed by atoms with Crippen LogP contribution in [0.5, 0.6) is 0 Å². The Kier molecular flexibility index (Phi) is 9.37. The molecule has 64 heavy (non-hydrogen) atoms. The van der Waals surface area contributed by atoms with E-state index in [0.29, 0.717) is 0 Å². The first-order valence-electron chi connectivity index (χ1n) is 21.8. The lowest BCUT2D eigenvalue weighted by atomic mass is 10.1. The Morgan fingerprint density at radius 1 is 0.438 bits per heavy atom. The lowest BCUT2D eigenvalue weighted by molar-refractivity contribution is 1.19. The zero-order valence-corrected chi connectivity index (χ0v) is 37.7. The molecule has 0 fully saturated rings. The molecule has 1 aliphatic heterocycles. The second kappa shape index (κ2) is 15.7. The third kappa shape index (κ3) is 5.84. The molecule has 0 radical (unpaired) electrons. The van der Waals surface area contributed by atoms with Crippen molar-refractivity contribution in [2.45, 2.75) is 0 Å². The first-order valence-corrected chi connectivity index (χ1v) is 26.6. The highest BCUT2D eigenvalue weighted by molar-refractivity contribution is 7.31. The number of anilines is 3. The molecule has 3 aromatic heterocycles. The molecule has 11 aromatic rings. The lowest BCUT2D eigenvalue weighted by Gasteiger charge is -2.44. The summed E-state index contributed by atoms with van der Waals surface area (Å²) in [5.74, 6) is 0.982. The van der Waals surface area contributed by atoms with Gasteiger partial charge in [0.1, 0.15) is 5.82 Å². The van der Waals surface area contributed by atoms with E-state index in [2.05, 4.69) is 235 Å². The molecule has 0 N–H and O–H groups in total. The number of hydrogen-bond acceptors (Lipinski definition) is 4. The fraction of sp³-hybridized carbons (Fsp3) is 0. The van der Waals surface area contributed by atoms with Crippen LogP contribution < -0.4 is 46.4 Å². The number of fused-ring (bicyclic) bond motifs is 6. The first kappa shape index (κ1) is 38.2. The maximum absolute atomic E-state index is 5.43. The standard InChI is InChI=1S/C58H41N3SSi2/c1-5-22-44(23-6-1)63(45-24-7-2-8-25-45,48-30-17-20-42(40-48)52-33-15-16-38-59-52)49-31-18-21-43(41-49)61-53-37-36-51-50-32-13-14-34-54(50)62-56(51)57(53)64(46-26-9-3-10-27-46,47-28-11-4-12-29-47)55-35-19-39-60-58(55)61/h1-41H. The highest BCUT2D eigenvalue weighted by Gasteiger charge is 2.51. The molecule has 0 unspecified atom stereocenters. The van der Waals surface area contributed by atoms with Gasteiger partial charge in [0.15, 0.2) is 16.1 Å². The quantitative estimate of drug-likeness (QED) is 0.113. The maximum atomic E-state index is 5.43. The van der Waals surface area contributed by atoms with Gasteiger partial charge in [0.05, 0.1) is 5.69 Å². The van der Waals surface area contributed by atoms with Crippen molar-refractivity contribution in [1.82, 2.24) is 9.97 Å². The van der Waals surface area contributed by atoms with Crippen molar-refractivity contribution in [1.29, 1.82) is 0 Å². The molecule has 0 aliphatic carbocycles. The average molecular weight is 868 g/mol. The topological polar surface area (TPSA) is 29.0 Å². The summed E-state index contributed by atoms with van der Waals surface area (Å²) >= 11 is 1.93. The highest BCUT2D eigenvalue weighted by Crippen LogP contribution is 2.43. The molecular weight excluding hydrogens is 827 g/mol. The normalized spacial score (nSPS) is 13.1. The second-order valence-electron chi connectivity index (χ2n) is 16.5. The smallest absolute Gasteiger partial charge is 0.188 e. The molecule has 3 nitrogen and oxygen atoms in total. The summed E-state index contributed by atoms with van der Waals surface area (Å²) < 4.78 is 2.65. The van der Waals surface area contributed by atoms with E-state index >= 15 is 0 Å². The number of thiophene rings is 1. The molecule has 0 saturated carbocycles. The molecule has 0 bridgehead atoms.